The van der Waals surface area contributed by atoms with Crippen molar-refractivity contribution in [1.82, 2.24) is 4.90 Å². The van der Waals surface area contributed by atoms with Gasteiger partial charge in [0.25, 0.3) is 0 Å². The van der Waals surface area contributed by atoms with Gasteiger partial charge in [-0.2, -0.15) is 0 Å². The number of oxime groups is 1. The molecule has 3 aliphatic rings. The molecular formula is C25H25Cl2FN2O4. The van der Waals surface area contributed by atoms with E-state index in [0.717, 1.165) is 22.4 Å². The second-order valence-electron chi connectivity index (χ2n) is 10.3. The third kappa shape index (κ3) is 3.93. The number of likely N-dealkylation sites (tertiary alicyclic amines) is 1. The van der Waals surface area contributed by atoms with Crippen LogP contribution in [0.3, 0.4) is 0 Å². The van der Waals surface area contributed by atoms with Gasteiger partial charge in [-0.3, -0.25) is 0 Å². The minimum atomic E-state index is -0.811. The molecule has 1 fully saturated rings. The lowest BCUT2D eigenvalue weighted by Gasteiger charge is -2.47. The Bertz CT molecular complexity index is 1200. The zero-order valence-corrected chi connectivity index (χ0v) is 20.9. The number of rotatable bonds is 2. The van der Waals surface area contributed by atoms with E-state index in [2.05, 4.69) is 11.2 Å². The number of halogens is 3. The maximum atomic E-state index is 13.9. The Hall–Kier alpha value is -2.35. The molecule has 9 heteroatoms. The number of hydrogen-bond acceptors (Lipinski definition) is 5. The van der Waals surface area contributed by atoms with E-state index in [4.69, 9.17) is 37.5 Å². The number of amides is 1. The van der Waals surface area contributed by atoms with Crippen molar-refractivity contribution in [3.8, 4) is 0 Å². The van der Waals surface area contributed by atoms with Crippen LogP contribution in [0.5, 0.6) is 0 Å². The highest BCUT2D eigenvalue weighted by Crippen LogP contribution is 2.45. The quantitative estimate of drug-likeness (QED) is 0.458. The fourth-order valence-electron chi connectivity index (χ4n) is 4.63. The molecule has 0 saturated carbocycles. The Balaban J connectivity index is 1.31. The van der Waals surface area contributed by atoms with E-state index in [0.29, 0.717) is 31.7 Å². The molecule has 0 N–H and O–H groups in total. The first-order chi connectivity index (χ1) is 15.9. The Morgan fingerprint density at radius 1 is 1.18 bits per heavy atom. The monoisotopic (exact) mass is 506 g/mol. The smallest absolute Gasteiger partial charge is 0.410 e. The summed E-state index contributed by atoms with van der Waals surface area (Å²) < 4.78 is 25.5. The van der Waals surface area contributed by atoms with E-state index >= 15 is 0 Å². The topological polar surface area (TPSA) is 60.4 Å². The summed E-state index contributed by atoms with van der Waals surface area (Å²) in [6.45, 7) is 8.80. The van der Waals surface area contributed by atoms with Crippen molar-refractivity contribution in [2.24, 2.45) is 5.16 Å². The van der Waals surface area contributed by atoms with Gasteiger partial charge in [0, 0.05) is 12.0 Å². The van der Waals surface area contributed by atoms with Crippen LogP contribution in [0.4, 0.5) is 9.18 Å². The number of nitrogens with zero attached hydrogens (tertiary/aromatic N) is 2. The van der Waals surface area contributed by atoms with Gasteiger partial charge in [0.1, 0.15) is 11.2 Å². The molecule has 1 unspecified atom stereocenters. The second kappa shape index (κ2) is 7.83. The van der Waals surface area contributed by atoms with Crippen molar-refractivity contribution in [3.05, 3.63) is 68.4 Å². The number of carbonyl (C=O) groups excluding carboxylic acids is 1. The van der Waals surface area contributed by atoms with Crippen molar-refractivity contribution in [1.29, 1.82) is 0 Å². The molecule has 0 aliphatic carbocycles. The van der Waals surface area contributed by atoms with Crippen LogP contribution in [0, 0.1) is 5.82 Å². The van der Waals surface area contributed by atoms with E-state index in [1.165, 1.54) is 12.1 Å². The molecule has 1 atom stereocenters. The molecule has 0 aromatic heterocycles. The molecule has 0 radical (unpaired) electrons. The van der Waals surface area contributed by atoms with Gasteiger partial charge >= 0.3 is 6.09 Å². The lowest BCUT2D eigenvalue weighted by Crippen LogP contribution is -2.61. The van der Waals surface area contributed by atoms with Crippen molar-refractivity contribution < 1.29 is 23.5 Å². The van der Waals surface area contributed by atoms with Crippen LogP contribution in [0.2, 0.25) is 10.0 Å². The third-order valence-electron chi connectivity index (χ3n) is 6.43. The fourth-order valence-corrected chi connectivity index (χ4v) is 5.12. The van der Waals surface area contributed by atoms with Gasteiger partial charge in [-0.05, 0) is 62.6 Å². The van der Waals surface area contributed by atoms with Crippen LogP contribution in [-0.2, 0) is 32.1 Å². The highest BCUT2D eigenvalue weighted by atomic mass is 35.5. The SMILES string of the molecule is CC(C)(C)OC(=O)N1CC2(C1)OCc1cc(C3=NOC(C)(c4cc(Cl)c(F)c(Cl)c4)C3)ccc12. The van der Waals surface area contributed by atoms with Crippen molar-refractivity contribution in [3.63, 3.8) is 0 Å². The summed E-state index contributed by atoms with van der Waals surface area (Å²) in [6.07, 6.45) is 0.146. The number of ether oxygens (including phenoxy) is 2. The number of hydrogen-bond donors (Lipinski definition) is 0. The van der Waals surface area contributed by atoms with Crippen LogP contribution in [0.15, 0.2) is 35.5 Å². The molecule has 5 rings (SSSR count). The standard InChI is InChI=1S/C25H25Cl2FN2O4/c1-23(2,3)33-22(31)30-12-25(13-30)17-6-5-14(7-15(17)11-32-25)20-10-24(4,34-29-20)16-8-18(26)21(28)19(27)9-16/h5-9H,10-13H2,1-4H3. The Labute approximate surface area is 207 Å². The minimum Gasteiger partial charge on any atom is -0.444 e. The van der Waals surface area contributed by atoms with Crippen molar-refractivity contribution in [2.45, 2.75) is 57.5 Å². The molecule has 2 aromatic rings. The Kier molecular flexibility index (Phi) is 5.39. The van der Waals surface area contributed by atoms with Crippen LogP contribution < -0.4 is 0 Å². The predicted octanol–water partition coefficient (Wildman–Crippen LogP) is 6.15. The van der Waals surface area contributed by atoms with E-state index in [9.17, 15) is 9.18 Å². The Morgan fingerprint density at radius 3 is 2.50 bits per heavy atom. The molecule has 180 valence electrons. The highest BCUT2D eigenvalue weighted by molar-refractivity contribution is 6.35. The first-order valence-electron chi connectivity index (χ1n) is 11.0. The molecule has 1 spiro atoms. The summed E-state index contributed by atoms with van der Waals surface area (Å²) >= 11 is 12.0. The van der Waals surface area contributed by atoms with E-state index in [1.54, 1.807) is 4.90 Å². The Morgan fingerprint density at radius 2 is 1.85 bits per heavy atom. The first-order valence-corrected chi connectivity index (χ1v) is 11.8. The number of fused-ring (bicyclic) bond motifs is 2. The first kappa shape index (κ1) is 23.4. The summed E-state index contributed by atoms with van der Waals surface area (Å²) in [7, 11) is 0. The highest BCUT2D eigenvalue weighted by Gasteiger charge is 2.52. The molecule has 3 heterocycles. The number of benzene rings is 2. The molecular weight excluding hydrogens is 482 g/mol. The van der Waals surface area contributed by atoms with Gasteiger partial charge in [-0.25, -0.2) is 9.18 Å². The van der Waals surface area contributed by atoms with Crippen molar-refractivity contribution in [2.75, 3.05) is 13.1 Å². The van der Waals surface area contributed by atoms with Gasteiger partial charge in [0.2, 0.25) is 0 Å². The molecule has 34 heavy (non-hydrogen) atoms. The van der Waals surface area contributed by atoms with E-state index in [-0.39, 0.29) is 16.1 Å². The average molecular weight is 507 g/mol. The molecule has 3 aliphatic heterocycles. The third-order valence-corrected chi connectivity index (χ3v) is 6.98. The summed E-state index contributed by atoms with van der Waals surface area (Å²) in [5.41, 5.74) is 2.65. The second-order valence-corrected chi connectivity index (χ2v) is 11.1. The maximum absolute atomic E-state index is 13.9. The molecule has 0 bridgehead atoms. The van der Waals surface area contributed by atoms with Crippen LogP contribution >= 0.6 is 23.2 Å². The maximum Gasteiger partial charge on any atom is 0.410 e. The molecule has 6 nitrogen and oxygen atoms in total. The van der Waals surface area contributed by atoms with Crippen LogP contribution in [0.1, 0.15) is 56.4 Å². The summed E-state index contributed by atoms with van der Waals surface area (Å²) in [5.74, 6) is -0.649. The molecule has 2 aromatic carbocycles. The van der Waals surface area contributed by atoms with Gasteiger partial charge in [-0.1, -0.05) is 40.5 Å². The van der Waals surface area contributed by atoms with E-state index < -0.39 is 22.6 Å². The minimum absolute atomic E-state index is 0.0540. The normalized spacial score (nSPS) is 22.8. The molecule has 1 amide bonds. The lowest BCUT2D eigenvalue weighted by atomic mass is 9.83. The largest absolute Gasteiger partial charge is 0.444 e. The number of carbonyl (C=O) groups is 1. The van der Waals surface area contributed by atoms with Gasteiger partial charge < -0.3 is 19.2 Å². The van der Waals surface area contributed by atoms with Gasteiger partial charge in [0.15, 0.2) is 11.4 Å². The fraction of sp³-hybridized carbons (Fsp3) is 0.440. The average Bonchev–Trinajstić information content (AvgIpc) is 3.31. The summed E-state index contributed by atoms with van der Waals surface area (Å²) in [6, 6.07) is 9.12. The lowest BCUT2D eigenvalue weighted by molar-refractivity contribution is -0.137. The zero-order chi connectivity index (χ0) is 24.5. The van der Waals surface area contributed by atoms with Crippen LogP contribution in [0.25, 0.3) is 0 Å². The van der Waals surface area contributed by atoms with E-state index in [1.807, 2.05) is 39.8 Å². The molecule has 1 saturated heterocycles. The van der Waals surface area contributed by atoms with Crippen LogP contribution in [-0.4, -0.2) is 35.4 Å². The predicted molar refractivity (Wildman–Crippen MR) is 127 cm³/mol. The summed E-state index contributed by atoms with van der Waals surface area (Å²) in [5, 5.41) is 4.20. The zero-order valence-electron chi connectivity index (χ0n) is 19.4. The summed E-state index contributed by atoms with van der Waals surface area (Å²) in [4.78, 5) is 19.8. The van der Waals surface area contributed by atoms with Gasteiger partial charge in [0.05, 0.1) is 35.5 Å². The van der Waals surface area contributed by atoms with Gasteiger partial charge in [-0.15, -0.1) is 0 Å². The van der Waals surface area contributed by atoms with Crippen molar-refractivity contribution >= 4 is 35.0 Å².